The van der Waals surface area contributed by atoms with Crippen LogP contribution in [0.3, 0.4) is 0 Å². The fourth-order valence-corrected chi connectivity index (χ4v) is 0.943. The summed E-state index contributed by atoms with van der Waals surface area (Å²) in [5, 5.41) is 12.6. The minimum absolute atomic E-state index is 0.0221. The molecule has 2 rings (SSSR count). The summed E-state index contributed by atoms with van der Waals surface area (Å²) in [7, 11) is 0. The standard InChI is InChI=1S/C8H5O2/c9-8-2-1-6-4-10-5-7(6)3-8/h1-5H. The third-order valence-corrected chi connectivity index (χ3v) is 1.45. The molecule has 1 heterocycles. The molecule has 0 unspecified atom stereocenters. The zero-order chi connectivity index (χ0) is 6.97. The Bertz CT molecular complexity index is 349. The van der Waals surface area contributed by atoms with Gasteiger partial charge in [0, 0.05) is 10.8 Å². The van der Waals surface area contributed by atoms with Crippen LogP contribution in [0.25, 0.3) is 10.8 Å². The molecule has 0 amide bonds. The van der Waals surface area contributed by atoms with E-state index in [1.807, 2.05) is 0 Å². The molecule has 2 nitrogen and oxygen atoms in total. The molecule has 2 aromatic rings. The smallest absolute Gasteiger partial charge is 0.179 e. The molecule has 0 saturated heterocycles. The van der Waals surface area contributed by atoms with Gasteiger partial charge in [0.15, 0.2) is 5.75 Å². The van der Waals surface area contributed by atoms with Crippen molar-refractivity contribution in [1.82, 2.24) is 0 Å². The van der Waals surface area contributed by atoms with Crippen molar-refractivity contribution >= 4 is 10.8 Å². The lowest BCUT2D eigenvalue weighted by Crippen LogP contribution is -1.61. The molecular weight excluding hydrogens is 128 g/mol. The molecule has 1 radical (unpaired) electrons. The fraction of sp³-hybridized carbons (Fsp3) is 0. The highest BCUT2D eigenvalue weighted by Gasteiger charge is 1.96. The van der Waals surface area contributed by atoms with Gasteiger partial charge in [0.05, 0.1) is 12.5 Å². The van der Waals surface area contributed by atoms with Gasteiger partial charge in [0.2, 0.25) is 0 Å². The minimum atomic E-state index is 0.0221. The van der Waals surface area contributed by atoms with Crippen LogP contribution in [0.1, 0.15) is 0 Å². The van der Waals surface area contributed by atoms with Gasteiger partial charge in [-0.3, -0.25) is 5.11 Å². The fourth-order valence-electron chi connectivity index (χ4n) is 0.943. The van der Waals surface area contributed by atoms with Gasteiger partial charge >= 0.3 is 0 Å². The van der Waals surface area contributed by atoms with Crippen molar-refractivity contribution in [2.45, 2.75) is 0 Å². The van der Waals surface area contributed by atoms with Gasteiger partial charge in [-0.1, -0.05) is 0 Å². The van der Waals surface area contributed by atoms with Crippen molar-refractivity contribution < 1.29 is 9.52 Å². The van der Waals surface area contributed by atoms with Crippen LogP contribution >= 0.6 is 0 Å². The van der Waals surface area contributed by atoms with Gasteiger partial charge in [-0.2, -0.15) is 0 Å². The van der Waals surface area contributed by atoms with Crippen LogP contribution in [0.15, 0.2) is 35.1 Å². The maximum atomic E-state index is 10.7. The molecule has 0 spiro atoms. The Morgan fingerprint density at radius 1 is 1.10 bits per heavy atom. The van der Waals surface area contributed by atoms with Crippen molar-refractivity contribution in [2.24, 2.45) is 0 Å². The van der Waals surface area contributed by atoms with E-state index in [0.717, 1.165) is 10.8 Å². The van der Waals surface area contributed by atoms with E-state index in [1.165, 1.54) is 6.07 Å². The van der Waals surface area contributed by atoms with Crippen molar-refractivity contribution in [2.75, 3.05) is 0 Å². The highest BCUT2D eigenvalue weighted by molar-refractivity contribution is 5.82. The first-order valence-electron chi connectivity index (χ1n) is 2.99. The van der Waals surface area contributed by atoms with Crippen LogP contribution in [0.4, 0.5) is 0 Å². The Morgan fingerprint density at radius 2 is 1.90 bits per heavy atom. The third-order valence-electron chi connectivity index (χ3n) is 1.45. The summed E-state index contributed by atoms with van der Waals surface area (Å²) in [4.78, 5) is 0. The molecule has 10 heavy (non-hydrogen) atoms. The van der Waals surface area contributed by atoms with E-state index >= 15 is 0 Å². The maximum Gasteiger partial charge on any atom is 0.179 e. The van der Waals surface area contributed by atoms with E-state index in [0.29, 0.717) is 0 Å². The van der Waals surface area contributed by atoms with Crippen LogP contribution < -0.4 is 0 Å². The summed E-state index contributed by atoms with van der Waals surface area (Å²) < 4.78 is 4.88. The van der Waals surface area contributed by atoms with E-state index in [9.17, 15) is 5.11 Å². The molecule has 0 atom stereocenters. The summed E-state index contributed by atoms with van der Waals surface area (Å²) in [6, 6.07) is 4.83. The molecule has 0 aliphatic rings. The first-order chi connectivity index (χ1) is 4.86. The lowest BCUT2D eigenvalue weighted by atomic mass is 10.2. The van der Waals surface area contributed by atoms with Crippen molar-refractivity contribution in [1.29, 1.82) is 0 Å². The molecule has 1 aromatic carbocycles. The number of fused-ring (bicyclic) bond motifs is 1. The molecule has 0 bridgehead atoms. The van der Waals surface area contributed by atoms with Crippen LogP contribution in [0.5, 0.6) is 5.75 Å². The summed E-state index contributed by atoms with van der Waals surface area (Å²) in [5.41, 5.74) is 0. The van der Waals surface area contributed by atoms with Gasteiger partial charge in [-0.15, -0.1) is 0 Å². The highest BCUT2D eigenvalue weighted by Crippen LogP contribution is 2.20. The Hall–Kier alpha value is -1.44. The Labute approximate surface area is 57.7 Å². The van der Waals surface area contributed by atoms with E-state index in [2.05, 4.69) is 0 Å². The van der Waals surface area contributed by atoms with Gasteiger partial charge in [-0.05, 0) is 18.2 Å². The lowest BCUT2D eigenvalue weighted by molar-refractivity contribution is 0.355. The molecule has 0 saturated carbocycles. The summed E-state index contributed by atoms with van der Waals surface area (Å²) in [5.74, 6) is 0.0221. The normalized spacial score (nSPS) is 10.4. The summed E-state index contributed by atoms with van der Waals surface area (Å²) in [6.45, 7) is 0. The van der Waals surface area contributed by atoms with Crippen LogP contribution in [0, 0.1) is 0 Å². The first kappa shape index (κ1) is 5.35. The third kappa shape index (κ3) is 0.658. The Kier molecular flexibility index (Phi) is 0.947. The van der Waals surface area contributed by atoms with Crippen molar-refractivity contribution in [3.8, 4) is 5.75 Å². The minimum Gasteiger partial charge on any atom is -0.471 e. The summed E-state index contributed by atoms with van der Waals surface area (Å²) in [6.07, 6.45) is 3.19. The lowest BCUT2D eigenvalue weighted by Gasteiger charge is -1.84. The predicted octanol–water partition coefficient (Wildman–Crippen LogP) is 2.58. The molecule has 0 fully saturated rings. The molecular formula is C8H5O2. The second-order valence-electron chi connectivity index (χ2n) is 2.16. The SMILES string of the molecule is [O]c1ccc2cocc2c1. The number of rotatable bonds is 0. The maximum absolute atomic E-state index is 10.7. The quantitative estimate of drug-likeness (QED) is 0.543. The van der Waals surface area contributed by atoms with Gasteiger partial charge in [0.1, 0.15) is 0 Å². The predicted molar refractivity (Wildman–Crippen MR) is 36.3 cm³/mol. The molecule has 0 aliphatic carbocycles. The Balaban J connectivity index is 2.86. The largest absolute Gasteiger partial charge is 0.471 e. The molecule has 1 aromatic heterocycles. The number of benzene rings is 1. The van der Waals surface area contributed by atoms with Crippen LogP contribution in [-0.4, -0.2) is 0 Å². The monoisotopic (exact) mass is 133 g/mol. The zero-order valence-corrected chi connectivity index (χ0v) is 5.20. The average molecular weight is 133 g/mol. The second-order valence-corrected chi connectivity index (χ2v) is 2.16. The topological polar surface area (TPSA) is 33.0 Å². The van der Waals surface area contributed by atoms with Gasteiger partial charge in [0.25, 0.3) is 0 Å². The molecule has 2 heteroatoms. The number of hydrogen-bond donors (Lipinski definition) is 0. The molecule has 49 valence electrons. The van der Waals surface area contributed by atoms with Gasteiger partial charge < -0.3 is 4.42 Å². The number of hydrogen-bond acceptors (Lipinski definition) is 1. The molecule has 0 aliphatic heterocycles. The van der Waals surface area contributed by atoms with E-state index in [4.69, 9.17) is 4.42 Å². The van der Waals surface area contributed by atoms with Gasteiger partial charge in [-0.25, -0.2) is 0 Å². The van der Waals surface area contributed by atoms with Crippen molar-refractivity contribution in [3.63, 3.8) is 0 Å². The highest BCUT2D eigenvalue weighted by atomic mass is 16.3. The van der Waals surface area contributed by atoms with Crippen LogP contribution in [-0.2, 0) is 5.11 Å². The number of furan rings is 1. The first-order valence-corrected chi connectivity index (χ1v) is 2.99. The average Bonchev–Trinajstić information content (AvgIpc) is 2.33. The zero-order valence-electron chi connectivity index (χ0n) is 5.20. The van der Waals surface area contributed by atoms with Crippen LogP contribution in [0.2, 0.25) is 0 Å². The van der Waals surface area contributed by atoms with E-state index < -0.39 is 0 Å². The Morgan fingerprint density at radius 3 is 2.80 bits per heavy atom. The van der Waals surface area contributed by atoms with E-state index in [1.54, 1.807) is 24.7 Å². The van der Waals surface area contributed by atoms with E-state index in [-0.39, 0.29) is 5.75 Å². The molecule has 0 N–H and O–H groups in total. The summed E-state index contributed by atoms with van der Waals surface area (Å²) >= 11 is 0. The second kappa shape index (κ2) is 1.77. The van der Waals surface area contributed by atoms with Crippen molar-refractivity contribution in [3.05, 3.63) is 30.7 Å².